The van der Waals surface area contributed by atoms with Crippen molar-refractivity contribution in [2.75, 3.05) is 33.3 Å². The molecule has 0 aromatic heterocycles. The molecule has 4 rings (SSSR count). The Morgan fingerprint density at radius 3 is 2.50 bits per heavy atom. The average Bonchev–Trinajstić information content (AvgIpc) is 2.85. The van der Waals surface area contributed by atoms with Crippen LogP contribution < -0.4 is 9.47 Å². The molecule has 2 aliphatic rings. The van der Waals surface area contributed by atoms with Gasteiger partial charge in [-0.1, -0.05) is 23.7 Å². The molecule has 2 aromatic carbocycles. The molecule has 0 saturated carbocycles. The maximum Gasteiger partial charge on any atom is 0.243 e. The number of carbonyl (C=O) groups is 1. The van der Waals surface area contributed by atoms with Crippen LogP contribution in [0.3, 0.4) is 0 Å². The van der Waals surface area contributed by atoms with Gasteiger partial charge < -0.3 is 14.4 Å². The molecular weight excluding hydrogens is 476 g/mol. The first-order valence-electron chi connectivity index (χ1n) is 11.7. The topological polar surface area (TPSA) is 76.1 Å². The molecule has 34 heavy (non-hydrogen) atoms. The third-order valence-electron chi connectivity index (χ3n) is 6.54. The maximum atomic E-state index is 13.4. The van der Waals surface area contributed by atoms with E-state index in [1.165, 1.54) is 17.5 Å². The first kappa shape index (κ1) is 24.8. The summed E-state index contributed by atoms with van der Waals surface area (Å²) in [6, 6.07) is 13.6. The molecule has 7 nitrogen and oxygen atoms in total. The van der Waals surface area contributed by atoms with Gasteiger partial charge in [0.05, 0.1) is 12.0 Å². The van der Waals surface area contributed by atoms with Gasteiger partial charge in [0.1, 0.15) is 17.6 Å². The van der Waals surface area contributed by atoms with Gasteiger partial charge in [0, 0.05) is 49.6 Å². The summed E-state index contributed by atoms with van der Waals surface area (Å²) in [5, 5.41) is 0.566. The van der Waals surface area contributed by atoms with Gasteiger partial charge in [-0.3, -0.25) is 4.79 Å². The largest absolute Gasteiger partial charge is 0.497 e. The van der Waals surface area contributed by atoms with Crippen molar-refractivity contribution in [1.82, 2.24) is 9.21 Å². The lowest BCUT2D eigenvalue weighted by atomic mass is 9.91. The van der Waals surface area contributed by atoms with E-state index in [1.54, 1.807) is 30.3 Å². The number of methoxy groups -OCH3 is 1. The van der Waals surface area contributed by atoms with Crippen LogP contribution in [0.15, 0.2) is 53.4 Å². The van der Waals surface area contributed by atoms with E-state index < -0.39 is 10.0 Å². The molecule has 2 saturated heterocycles. The fourth-order valence-corrected chi connectivity index (χ4v) is 6.40. The highest BCUT2D eigenvalue weighted by molar-refractivity contribution is 7.89. The minimum absolute atomic E-state index is 0.0602. The second kappa shape index (κ2) is 11.0. The smallest absolute Gasteiger partial charge is 0.243 e. The van der Waals surface area contributed by atoms with Crippen LogP contribution in [0.4, 0.5) is 0 Å². The molecule has 9 heteroatoms. The summed E-state index contributed by atoms with van der Waals surface area (Å²) in [6.07, 6.45) is 3.59. The molecule has 2 aromatic rings. The standard InChI is InChI=1S/C25H31ClN2O5S/c1-32-21-8-6-10-23(17-21)34(30,31)28-14-11-24(33-22-9-5-7-20(26)16-22)19(18-28)15-25(29)27-12-3-2-4-13-27/h5-10,16-17,19,24H,2-4,11-15,18H2,1H3/t19-,24-/m0/s1. The molecule has 0 N–H and O–H groups in total. The van der Waals surface area contributed by atoms with Crippen LogP contribution in [-0.2, 0) is 14.8 Å². The van der Waals surface area contributed by atoms with E-state index in [2.05, 4.69) is 0 Å². The minimum atomic E-state index is -3.74. The van der Waals surface area contributed by atoms with Crippen LogP contribution in [0.5, 0.6) is 11.5 Å². The lowest BCUT2D eigenvalue weighted by molar-refractivity contribution is -0.134. The number of benzene rings is 2. The zero-order valence-electron chi connectivity index (χ0n) is 19.4. The highest BCUT2D eigenvalue weighted by Crippen LogP contribution is 2.31. The van der Waals surface area contributed by atoms with E-state index in [4.69, 9.17) is 21.1 Å². The van der Waals surface area contributed by atoms with Crippen molar-refractivity contribution in [2.24, 2.45) is 5.92 Å². The Labute approximate surface area is 206 Å². The van der Waals surface area contributed by atoms with Crippen LogP contribution in [0, 0.1) is 5.92 Å². The molecule has 2 heterocycles. The summed E-state index contributed by atoms with van der Waals surface area (Å²) < 4.78 is 39.7. The number of nitrogens with zero attached hydrogens (tertiary/aromatic N) is 2. The lowest BCUT2D eigenvalue weighted by Gasteiger charge is -2.38. The zero-order chi connectivity index (χ0) is 24.1. The van der Waals surface area contributed by atoms with Crippen LogP contribution >= 0.6 is 11.6 Å². The Hall–Kier alpha value is -2.29. The van der Waals surface area contributed by atoms with E-state index in [0.29, 0.717) is 29.5 Å². The summed E-state index contributed by atoms with van der Waals surface area (Å²) >= 11 is 6.12. The van der Waals surface area contributed by atoms with Crippen LogP contribution in [0.1, 0.15) is 32.1 Å². The molecule has 0 aliphatic carbocycles. The Balaban J connectivity index is 1.55. The fourth-order valence-electron chi connectivity index (χ4n) is 4.67. The highest BCUT2D eigenvalue weighted by atomic mass is 35.5. The summed E-state index contributed by atoms with van der Waals surface area (Å²) in [4.78, 5) is 15.2. The maximum absolute atomic E-state index is 13.4. The van der Waals surface area contributed by atoms with Crippen molar-refractivity contribution in [3.63, 3.8) is 0 Å². The molecule has 0 unspecified atom stereocenters. The number of likely N-dealkylation sites (tertiary alicyclic amines) is 1. The Kier molecular flexibility index (Phi) is 8.01. The molecule has 2 fully saturated rings. The number of rotatable bonds is 7. The number of halogens is 1. The summed E-state index contributed by atoms with van der Waals surface area (Å²) in [5.74, 6) is 0.890. The van der Waals surface area contributed by atoms with Crippen molar-refractivity contribution in [2.45, 2.75) is 43.1 Å². The molecule has 1 amide bonds. The first-order chi connectivity index (χ1) is 16.4. The predicted octanol–water partition coefficient (Wildman–Crippen LogP) is 4.21. The number of sulfonamides is 1. The lowest BCUT2D eigenvalue weighted by Crippen LogP contribution is -2.49. The fraction of sp³-hybridized carbons (Fsp3) is 0.480. The van der Waals surface area contributed by atoms with Gasteiger partial charge in [0.15, 0.2) is 0 Å². The molecule has 0 radical (unpaired) electrons. The highest BCUT2D eigenvalue weighted by Gasteiger charge is 2.38. The van der Waals surface area contributed by atoms with E-state index in [9.17, 15) is 13.2 Å². The van der Waals surface area contributed by atoms with Gasteiger partial charge in [0.2, 0.25) is 15.9 Å². The van der Waals surface area contributed by atoms with Crippen molar-refractivity contribution in [3.05, 3.63) is 53.6 Å². The summed E-state index contributed by atoms with van der Waals surface area (Å²) in [7, 11) is -2.23. The normalized spacial score (nSPS) is 21.8. The van der Waals surface area contributed by atoms with Crippen LogP contribution in [-0.4, -0.2) is 62.9 Å². The first-order valence-corrected chi connectivity index (χ1v) is 13.5. The SMILES string of the molecule is COc1cccc(S(=O)(=O)N2CC[C@H](Oc3cccc(Cl)c3)[C@@H](CC(=O)N3CCCCC3)C2)c1. The van der Waals surface area contributed by atoms with E-state index in [-0.39, 0.29) is 35.8 Å². The predicted molar refractivity (Wildman–Crippen MR) is 131 cm³/mol. The van der Waals surface area contributed by atoms with Crippen molar-refractivity contribution < 1.29 is 22.7 Å². The minimum Gasteiger partial charge on any atom is -0.497 e. The molecular formula is C25H31ClN2O5S. The summed E-state index contributed by atoms with van der Waals surface area (Å²) in [6.45, 7) is 2.04. The third-order valence-corrected chi connectivity index (χ3v) is 8.63. The zero-order valence-corrected chi connectivity index (χ0v) is 20.9. The molecule has 2 atom stereocenters. The van der Waals surface area contributed by atoms with Gasteiger partial charge in [-0.05, 0) is 56.0 Å². The molecule has 0 spiro atoms. The van der Waals surface area contributed by atoms with Gasteiger partial charge in [0.25, 0.3) is 0 Å². The van der Waals surface area contributed by atoms with E-state index in [1.807, 2.05) is 17.0 Å². The van der Waals surface area contributed by atoms with Gasteiger partial charge in [-0.25, -0.2) is 8.42 Å². The average molecular weight is 507 g/mol. The quantitative estimate of drug-likeness (QED) is 0.562. The Morgan fingerprint density at radius 1 is 1.03 bits per heavy atom. The molecule has 2 aliphatic heterocycles. The van der Waals surface area contributed by atoms with E-state index in [0.717, 1.165) is 32.4 Å². The monoisotopic (exact) mass is 506 g/mol. The van der Waals surface area contributed by atoms with Gasteiger partial charge >= 0.3 is 0 Å². The molecule has 0 bridgehead atoms. The number of hydrogen-bond donors (Lipinski definition) is 0. The molecule has 184 valence electrons. The van der Waals surface area contributed by atoms with Gasteiger partial charge in [-0.15, -0.1) is 0 Å². The number of hydrogen-bond acceptors (Lipinski definition) is 5. The summed E-state index contributed by atoms with van der Waals surface area (Å²) in [5.41, 5.74) is 0. The van der Waals surface area contributed by atoms with Crippen molar-refractivity contribution in [3.8, 4) is 11.5 Å². The van der Waals surface area contributed by atoms with Crippen molar-refractivity contribution >= 4 is 27.5 Å². The number of amides is 1. The van der Waals surface area contributed by atoms with Crippen LogP contribution in [0.25, 0.3) is 0 Å². The Bertz CT molecular complexity index is 1100. The van der Waals surface area contributed by atoms with Crippen molar-refractivity contribution in [1.29, 1.82) is 0 Å². The Morgan fingerprint density at radius 2 is 1.76 bits per heavy atom. The second-order valence-electron chi connectivity index (χ2n) is 8.85. The van der Waals surface area contributed by atoms with E-state index >= 15 is 0 Å². The van der Waals surface area contributed by atoms with Gasteiger partial charge in [-0.2, -0.15) is 4.31 Å². The third kappa shape index (κ3) is 5.85. The number of piperidine rings is 2. The number of ether oxygens (including phenoxy) is 2. The van der Waals surface area contributed by atoms with Crippen LogP contribution in [0.2, 0.25) is 5.02 Å². The second-order valence-corrected chi connectivity index (χ2v) is 11.2. The number of carbonyl (C=O) groups excluding carboxylic acids is 1.